The summed E-state index contributed by atoms with van der Waals surface area (Å²) >= 11 is 0. The van der Waals surface area contributed by atoms with Crippen molar-refractivity contribution in [3.63, 3.8) is 0 Å². The van der Waals surface area contributed by atoms with Gasteiger partial charge < -0.3 is 5.11 Å². The third-order valence-corrected chi connectivity index (χ3v) is 6.88. The van der Waals surface area contributed by atoms with E-state index in [1.54, 1.807) is 38.9 Å². The Kier molecular flexibility index (Phi) is 7.64. The molecule has 1 N–H and O–H groups in total. The van der Waals surface area contributed by atoms with E-state index in [0.717, 1.165) is 30.7 Å². The van der Waals surface area contributed by atoms with Gasteiger partial charge in [0.2, 0.25) is 0 Å². The molecule has 2 rings (SSSR count). The molecule has 0 saturated heterocycles. The fourth-order valence-corrected chi connectivity index (χ4v) is 5.06. The van der Waals surface area contributed by atoms with Gasteiger partial charge in [0, 0.05) is 30.0 Å². The highest BCUT2D eigenvalue weighted by Crippen LogP contribution is 2.37. The van der Waals surface area contributed by atoms with E-state index in [-0.39, 0.29) is 23.6 Å². The van der Waals surface area contributed by atoms with Gasteiger partial charge in [0.25, 0.3) is 11.8 Å². The highest BCUT2D eigenvalue weighted by Gasteiger charge is 2.32. The lowest BCUT2D eigenvalue weighted by molar-refractivity contribution is -0.151. The molecule has 0 spiro atoms. The van der Waals surface area contributed by atoms with Crippen LogP contribution in [0.3, 0.4) is 0 Å². The molecule has 2 aliphatic heterocycles. The smallest absolute Gasteiger partial charge is 0.303 e. The highest BCUT2D eigenvalue weighted by atomic mass is 33.1. The summed E-state index contributed by atoms with van der Waals surface area (Å²) in [5, 5.41) is 11.7. The maximum Gasteiger partial charge on any atom is 0.303 e. The van der Waals surface area contributed by atoms with Gasteiger partial charge in [-0.2, -0.15) is 5.01 Å². The van der Waals surface area contributed by atoms with Crippen LogP contribution in [0.2, 0.25) is 0 Å². The van der Waals surface area contributed by atoms with Gasteiger partial charge in [0.15, 0.2) is 0 Å². The second-order valence-corrected chi connectivity index (χ2v) is 8.64. The number of carboxylic acids is 1. The standard InChI is InChI=1S/C17H22N2O4S2/c1-13(7-3-2-4-9-17(22)23)24-25-16-8-5-6-12-18(16)19-14(20)10-11-15(19)21/h5-6,8,10-13,16H,2-4,7,9H2,1H3,(H,22,23). The van der Waals surface area contributed by atoms with E-state index in [1.165, 1.54) is 12.2 Å². The summed E-state index contributed by atoms with van der Waals surface area (Å²) in [6, 6.07) is 0. The third-order valence-electron chi connectivity index (χ3n) is 3.72. The van der Waals surface area contributed by atoms with Crippen molar-refractivity contribution in [3.8, 4) is 0 Å². The molecule has 2 amide bonds. The Morgan fingerprint density at radius 1 is 1.20 bits per heavy atom. The van der Waals surface area contributed by atoms with Crippen LogP contribution in [0.5, 0.6) is 0 Å². The number of carboxylic acid groups (broad SMARTS) is 1. The van der Waals surface area contributed by atoms with Crippen LogP contribution in [0.1, 0.15) is 39.0 Å². The Morgan fingerprint density at radius 3 is 2.60 bits per heavy atom. The number of carbonyl (C=O) groups excluding carboxylic acids is 2. The lowest BCUT2D eigenvalue weighted by Gasteiger charge is -2.35. The number of hydrogen-bond acceptors (Lipinski definition) is 6. The lowest BCUT2D eigenvalue weighted by Crippen LogP contribution is -2.47. The van der Waals surface area contributed by atoms with Crippen molar-refractivity contribution in [1.82, 2.24) is 10.0 Å². The molecule has 0 aromatic rings. The predicted molar refractivity (Wildman–Crippen MR) is 100 cm³/mol. The minimum atomic E-state index is -0.740. The van der Waals surface area contributed by atoms with Crippen molar-refractivity contribution >= 4 is 39.4 Å². The molecule has 2 unspecified atom stereocenters. The molecule has 8 heteroatoms. The van der Waals surface area contributed by atoms with Gasteiger partial charge in [-0.05, 0) is 25.0 Å². The zero-order valence-electron chi connectivity index (χ0n) is 14.0. The molecule has 0 bridgehead atoms. The van der Waals surface area contributed by atoms with Gasteiger partial charge >= 0.3 is 5.97 Å². The summed E-state index contributed by atoms with van der Waals surface area (Å²) in [5.74, 6) is -1.39. The molecular formula is C17H22N2O4S2. The normalized spacial score (nSPS) is 20.6. The van der Waals surface area contributed by atoms with E-state index < -0.39 is 5.97 Å². The van der Waals surface area contributed by atoms with E-state index in [9.17, 15) is 14.4 Å². The largest absolute Gasteiger partial charge is 0.481 e. The van der Waals surface area contributed by atoms with Gasteiger partial charge in [0.1, 0.15) is 5.37 Å². The summed E-state index contributed by atoms with van der Waals surface area (Å²) in [6.45, 7) is 2.13. The van der Waals surface area contributed by atoms with E-state index in [2.05, 4.69) is 6.92 Å². The lowest BCUT2D eigenvalue weighted by atomic mass is 10.1. The average molecular weight is 383 g/mol. The summed E-state index contributed by atoms with van der Waals surface area (Å²) < 4.78 is 0. The summed E-state index contributed by atoms with van der Waals surface area (Å²) in [5.41, 5.74) is 0. The van der Waals surface area contributed by atoms with Crippen LogP contribution in [-0.4, -0.2) is 43.5 Å². The van der Waals surface area contributed by atoms with Crippen LogP contribution in [0.15, 0.2) is 36.6 Å². The molecule has 2 heterocycles. The number of amides is 2. The molecule has 0 aromatic carbocycles. The van der Waals surface area contributed by atoms with Crippen LogP contribution >= 0.6 is 21.6 Å². The molecule has 6 nitrogen and oxygen atoms in total. The van der Waals surface area contributed by atoms with Crippen molar-refractivity contribution in [3.05, 3.63) is 36.6 Å². The van der Waals surface area contributed by atoms with E-state index in [0.29, 0.717) is 5.25 Å². The monoisotopic (exact) mass is 382 g/mol. The van der Waals surface area contributed by atoms with Gasteiger partial charge in [-0.15, -0.1) is 0 Å². The molecule has 0 saturated carbocycles. The number of allylic oxidation sites excluding steroid dienone is 2. The minimum absolute atomic E-state index is 0.128. The molecule has 0 aromatic heterocycles. The fourth-order valence-electron chi connectivity index (χ4n) is 2.43. The Hall–Kier alpha value is -1.67. The van der Waals surface area contributed by atoms with Crippen LogP contribution in [0, 0.1) is 0 Å². The Balaban J connectivity index is 1.75. The molecule has 0 aliphatic carbocycles. The first-order chi connectivity index (χ1) is 12.0. The number of hydrazine groups is 1. The predicted octanol–water partition coefficient (Wildman–Crippen LogP) is 3.34. The topological polar surface area (TPSA) is 77.9 Å². The fraction of sp³-hybridized carbons (Fsp3) is 0.471. The van der Waals surface area contributed by atoms with Gasteiger partial charge in [-0.25, -0.2) is 0 Å². The third kappa shape index (κ3) is 5.97. The van der Waals surface area contributed by atoms with Gasteiger partial charge in [-0.1, -0.05) is 47.4 Å². The molecule has 2 atom stereocenters. The molecular weight excluding hydrogens is 360 g/mol. The number of rotatable bonds is 10. The first-order valence-electron chi connectivity index (χ1n) is 8.22. The van der Waals surface area contributed by atoms with Crippen molar-refractivity contribution in [1.29, 1.82) is 0 Å². The van der Waals surface area contributed by atoms with Crippen molar-refractivity contribution in [2.75, 3.05) is 0 Å². The summed E-state index contributed by atoms with van der Waals surface area (Å²) in [6.07, 6.45) is 13.8. The Morgan fingerprint density at radius 2 is 1.92 bits per heavy atom. The van der Waals surface area contributed by atoms with Crippen molar-refractivity contribution in [2.45, 2.75) is 49.7 Å². The Labute approximate surface area is 155 Å². The number of hydrogen-bond donors (Lipinski definition) is 1. The highest BCUT2D eigenvalue weighted by molar-refractivity contribution is 8.77. The van der Waals surface area contributed by atoms with Crippen LogP contribution in [0.25, 0.3) is 0 Å². The SMILES string of the molecule is CC(CCCCCC(=O)O)SSC1C=CC=CN1N1C(=O)C=CC1=O. The van der Waals surface area contributed by atoms with Gasteiger partial charge in [0.05, 0.1) is 0 Å². The van der Waals surface area contributed by atoms with E-state index in [1.807, 2.05) is 12.2 Å². The molecule has 2 aliphatic rings. The molecule has 0 fully saturated rings. The zero-order chi connectivity index (χ0) is 18.2. The number of nitrogens with zero attached hydrogens (tertiary/aromatic N) is 2. The van der Waals surface area contributed by atoms with Crippen molar-refractivity contribution < 1.29 is 19.5 Å². The summed E-state index contributed by atoms with van der Waals surface area (Å²) in [7, 11) is 3.33. The van der Waals surface area contributed by atoms with Gasteiger partial charge in [-0.3, -0.25) is 19.4 Å². The molecule has 136 valence electrons. The molecule has 25 heavy (non-hydrogen) atoms. The number of carbonyl (C=O) groups is 3. The molecule has 0 radical (unpaired) electrons. The van der Waals surface area contributed by atoms with Crippen LogP contribution in [-0.2, 0) is 14.4 Å². The Bertz CT molecular complexity index is 585. The maximum absolute atomic E-state index is 11.9. The van der Waals surface area contributed by atoms with Crippen molar-refractivity contribution in [2.24, 2.45) is 0 Å². The quantitative estimate of drug-likeness (QED) is 0.353. The number of imide groups is 1. The minimum Gasteiger partial charge on any atom is -0.481 e. The summed E-state index contributed by atoms with van der Waals surface area (Å²) in [4.78, 5) is 34.2. The second kappa shape index (κ2) is 9.72. The van der Waals surface area contributed by atoms with Crippen LogP contribution < -0.4 is 0 Å². The van der Waals surface area contributed by atoms with Crippen LogP contribution in [0.4, 0.5) is 0 Å². The average Bonchev–Trinajstić information content (AvgIpc) is 2.91. The first kappa shape index (κ1) is 19.7. The first-order valence-corrected chi connectivity index (χ1v) is 10.5. The van der Waals surface area contributed by atoms with E-state index in [4.69, 9.17) is 5.11 Å². The maximum atomic E-state index is 11.9. The second-order valence-electron chi connectivity index (χ2n) is 5.81. The zero-order valence-corrected chi connectivity index (χ0v) is 15.7. The van der Waals surface area contributed by atoms with E-state index >= 15 is 0 Å². The number of unbranched alkanes of at least 4 members (excludes halogenated alkanes) is 2. The number of aliphatic carboxylic acids is 1.